The van der Waals surface area contributed by atoms with Crippen LogP contribution in [0.2, 0.25) is 0 Å². The molecule has 12 heteroatoms. The lowest BCUT2D eigenvalue weighted by atomic mass is 9.97. The van der Waals surface area contributed by atoms with Gasteiger partial charge in [0.1, 0.15) is 0 Å². The van der Waals surface area contributed by atoms with E-state index in [0.29, 0.717) is 0 Å². The first-order valence-corrected chi connectivity index (χ1v) is 5.12. The van der Waals surface area contributed by atoms with Crippen LogP contribution in [0.4, 0.5) is 52.7 Å². The van der Waals surface area contributed by atoms with Crippen molar-refractivity contribution in [3.63, 3.8) is 0 Å². The van der Waals surface area contributed by atoms with Crippen molar-refractivity contribution in [2.24, 2.45) is 0 Å². The van der Waals surface area contributed by atoms with E-state index < -0.39 is 54.8 Å². The minimum Gasteiger partial charge on any atom is -0.241 e. The number of alkyl halides is 8. The van der Waals surface area contributed by atoms with Crippen LogP contribution in [-0.4, -0.2) is 36.5 Å². The number of halogens is 12. The van der Waals surface area contributed by atoms with Gasteiger partial charge in [-0.2, -0.15) is 30.7 Å². The normalized spacial score (nSPS) is 18.9. The molecule has 0 aromatic rings. The maximum absolute atomic E-state index is 13.0. The molecule has 0 aliphatic rings. The zero-order chi connectivity index (χ0) is 17.9. The molecule has 0 nitrogen and oxygen atoms in total. The molecule has 0 aliphatic carbocycles. The van der Waals surface area contributed by atoms with E-state index in [2.05, 4.69) is 0 Å². The quantitative estimate of drug-likeness (QED) is 0.554. The average Bonchev–Trinajstić information content (AvgIpc) is 2.43. The van der Waals surface area contributed by atoms with E-state index in [4.69, 9.17) is 0 Å². The van der Waals surface area contributed by atoms with Crippen molar-refractivity contribution >= 4 is 0 Å². The molecule has 0 radical (unpaired) electrons. The second-order valence-corrected chi connectivity index (χ2v) is 3.83. The third kappa shape index (κ3) is 3.88. The summed E-state index contributed by atoms with van der Waals surface area (Å²) < 4.78 is 150. The van der Waals surface area contributed by atoms with Crippen LogP contribution in [0, 0.1) is 0 Å². The highest BCUT2D eigenvalue weighted by Crippen LogP contribution is 2.47. The molecule has 0 saturated carbocycles. The van der Waals surface area contributed by atoms with Gasteiger partial charge in [0, 0.05) is 0 Å². The Morgan fingerprint density at radius 3 is 1.64 bits per heavy atom. The maximum atomic E-state index is 13.0. The molecular weight excluding hydrogens is 348 g/mol. The van der Waals surface area contributed by atoms with Gasteiger partial charge in [0.25, 0.3) is 0 Å². The van der Waals surface area contributed by atoms with Gasteiger partial charge in [-0.25, -0.2) is 22.0 Å². The van der Waals surface area contributed by atoms with E-state index >= 15 is 0 Å². The number of hydrogen-bond donors (Lipinski definition) is 0. The van der Waals surface area contributed by atoms with Crippen LogP contribution in [0.15, 0.2) is 24.3 Å². The van der Waals surface area contributed by atoms with Crippen molar-refractivity contribution < 1.29 is 52.7 Å². The first-order chi connectivity index (χ1) is 9.82. The fourth-order valence-electron chi connectivity index (χ4n) is 1.15. The van der Waals surface area contributed by atoms with E-state index in [-0.39, 0.29) is 6.08 Å². The SMILES string of the molecule is FC=CC(F)C(F)C(F)C(F)C(F)(F)C(F)(F)C(F)=C(F)F. The zero-order valence-electron chi connectivity index (χ0n) is 10.00. The van der Waals surface area contributed by atoms with Crippen LogP contribution in [0.25, 0.3) is 0 Å². The Morgan fingerprint density at radius 2 is 1.27 bits per heavy atom. The predicted molar refractivity (Wildman–Crippen MR) is 50.1 cm³/mol. The molecule has 22 heavy (non-hydrogen) atoms. The molecule has 130 valence electrons. The fraction of sp³-hybridized carbons (Fsp3) is 0.600. The highest BCUT2D eigenvalue weighted by molar-refractivity contribution is 5.14. The standard InChI is InChI=1S/C10H6F12/c11-2-1-3(12)4(13)5(14)6(15)9(19,20)10(21,22)7(16)8(17)18/h1-6H. The Bertz CT molecular complexity index is 424. The van der Waals surface area contributed by atoms with Crippen LogP contribution in [0.1, 0.15) is 0 Å². The van der Waals surface area contributed by atoms with Crippen LogP contribution < -0.4 is 0 Å². The van der Waals surface area contributed by atoms with E-state index in [9.17, 15) is 52.7 Å². The van der Waals surface area contributed by atoms with E-state index in [0.717, 1.165) is 0 Å². The highest BCUT2D eigenvalue weighted by atomic mass is 19.3. The first-order valence-electron chi connectivity index (χ1n) is 5.12. The predicted octanol–water partition coefficient (Wildman–Crippen LogP) is 5.17. The maximum Gasteiger partial charge on any atom is 0.369 e. The molecule has 0 fully saturated rings. The Morgan fingerprint density at radius 1 is 0.818 bits per heavy atom. The fourth-order valence-corrected chi connectivity index (χ4v) is 1.15. The van der Waals surface area contributed by atoms with Crippen molar-refractivity contribution in [2.45, 2.75) is 36.5 Å². The summed E-state index contributed by atoms with van der Waals surface area (Å²) in [4.78, 5) is 0. The summed E-state index contributed by atoms with van der Waals surface area (Å²) in [5.41, 5.74) is 0. The van der Waals surface area contributed by atoms with Gasteiger partial charge < -0.3 is 0 Å². The Hall–Kier alpha value is -1.36. The monoisotopic (exact) mass is 354 g/mol. The summed E-state index contributed by atoms with van der Waals surface area (Å²) in [5, 5.41) is 0. The molecule has 4 atom stereocenters. The summed E-state index contributed by atoms with van der Waals surface area (Å²) in [7, 11) is 0. The van der Waals surface area contributed by atoms with Crippen molar-refractivity contribution in [2.75, 3.05) is 0 Å². The Balaban J connectivity index is 5.49. The summed E-state index contributed by atoms with van der Waals surface area (Å²) in [5.74, 6) is -17.0. The van der Waals surface area contributed by atoms with Gasteiger partial charge in [-0.3, -0.25) is 0 Å². The molecule has 0 spiro atoms. The van der Waals surface area contributed by atoms with Gasteiger partial charge in [-0.05, 0) is 6.08 Å². The zero-order valence-corrected chi connectivity index (χ0v) is 10.00. The van der Waals surface area contributed by atoms with Crippen molar-refractivity contribution in [1.29, 1.82) is 0 Å². The summed E-state index contributed by atoms with van der Waals surface area (Å²) in [6.07, 6.45) is -21.4. The summed E-state index contributed by atoms with van der Waals surface area (Å²) in [6.45, 7) is 0. The van der Waals surface area contributed by atoms with Gasteiger partial charge in [0.2, 0.25) is 12.0 Å². The lowest BCUT2D eigenvalue weighted by Crippen LogP contribution is -2.54. The molecule has 0 heterocycles. The lowest BCUT2D eigenvalue weighted by molar-refractivity contribution is -0.242. The molecule has 0 aromatic heterocycles. The Kier molecular flexibility index (Phi) is 6.82. The molecule has 0 rings (SSSR count). The minimum absolute atomic E-state index is 0.387. The summed E-state index contributed by atoms with van der Waals surface area (Å²) >= 11 is 0. The number of hydrogen-bond acceptors (Lipinski definition) is 0. The second kappa shape index (κ2) is 7.27. The molecule has 0 N–H and O–H groups in total. The lowest BCUT2D eigenvalue weighted by Gasteiger charge is -2.30. The van der Waals surface area contributed by atoms with Crippen LogP contribution in [0.5, 0.6) is 0 Å². The van der Waals surface area contributed by atoms with Crippen molar-refractivity contribution in [3.8, 4) is 0 Å². The highest BCUT2D eigenvalue weighted by Gasteiger charge is 2.68. The van der Waals surface area contributed by atoms with E-state index in [1.807, 2.05) is 0 Å². The minimum atomic E-state index is -6.52. The molecule has 4 unspecified atom stereocenters. The van der Waals surface area contributed by atoms with E-state index in [1.54, 1.807) is 0 Å². The smallest absolute Gasteiger partial charge is 0.241 e. The second-order valence-electron chi connectivity index (χ2n) is 3.83. The van der Waals surface area contributed by atoms with Crippen molar-refractivity contribution in [1.82, 2.24) is 0 Å². The first kappa shape index (κ1) is 20.6. The molecule has 0 bridgehead atoms. The summed E-state index contributed by atoms with van der Waals surface area (Å²) in [6, 6.07) is 0. The van der Waals surface area contributed by atoms with Crippen LogP contribution in [-0.2, 0) is 0 Å². The number of rotatable bonds is 7. The average molecular weight is 354 g/mol. The third-order valence-corrected chi connectivity index (χ3v) is 2.35. The largest absolute Gasteiger partial charge is 0.369 e. The number of allylic oxidation sites excluding steroid dienone is 2. The van der Waals surface area contributed by atoms with Crippen LogP contribution in [0.3, 0.4) is 0 Å². The Labute approximate surface area is 115 Å². The molecule has 0 amide bonds. The van der Waals surface area contributed by atoms with Gasteiger partial charge in [-0.1, -0.05) is 0 Å². The van der Waals surface area contributed by atoms with Gasteiger partial charge in [0.05, 0.1) is 6.33 Å². The van der Waals surface area contributed by atoms with E-state index in [1.165, 1.54) is 0 Å². The van der Waals surface area contributed by atoms with Gasteiger partial charge in [0.15, 0.2) is 18.5 Å². The third-order valence-electron chi connectivity index (χ3n) is 2.35. The topological polar surface area (TPSA) is 0 Å². The van der Waals surface area contributed by atoms with Crippen molar-refractivity contribution in [3.05, 3.63) is 24.3 Å². The molecule has 0 aromatic carbocycles. The van der Waals surface area contributed by atoms with Crippen LogP contribution >= 0.6 is 0 Å². The van der Waals surface area contributed by atoms with Gasteiger partial charge in [-0.15, -0.1) is 0 Å². The molecular formula is C10H6F12. The molecule has 0 saturated heterocycles. The van der Waals surface area contributed by atoms with Gasteiger partial charge >= 0.3 is 17.9 Å². The molecule has 0 aliphatic heterocycles.